The van der Waals surface area contributed by atoms with E-state index in [9.17, 15) is 9.59 Å². The number of carbonyl (C=O) groups is 2. The van der Waals surface area contributed by atoms with E-state index in [1.165, 1.54) is 0 Å². The van der Waals surface area contributed by atoms with E-state index in [-0.39, 0.29) is 0 Å². The molecule has 0 spiro atoms. The van der Waals surface area contributed by atoms with Gasteiger partial charge >= 0.3 is 12.0 Å². The van der Waals surface area contributed by atoms with Gasteiger partial charge in [0.1, 0.15) is 5.54 Å². The first-order valence-corrected chi connectivity index (χ1v) is 6.33. The van der Waals surface area contributed by atoms with Gasteiger partial charge in [0.05, 0.1) is 0 Å². The highest BCUT2D eigenvalue weighted by atomic mass is 16.4. The number of anilines is 1. The van der Waals surface area contributed by atoms with Gasteiger partial charge in [0.15, 0.2) is 0 Å². The van der Waals surface area contributed by atoms with Crippen molar-refractivity contribution in [2.45, 2.75) is 38.6 Å². The molecule has 3 N–H and O–H groups in total. The number of benzene rings is 1. The number of amides is 2. The number of hydrogen-bond acceptors (Lipinski definition) is 2. The van der Waals surface area contributed by atoms with Crippen LogP contribution in [0.15, 0.2) is 18.2 Å². The van der Waals surface area contributed by atoms with Gasteiger partial charge in [0.25, 0.3) is 0 Å². The second kappa shape index (κ2) is 4.91. The normalized spacial score (nSPS) is 16.3. The molecular weight excluding hydrogens is 244 g/mol. The molecule has 0 bridgehead atoms. The van der Waals surface area contributed by atoms with Crippen molar-refractivity contribution in [1.82, 2.24) is 5.32 Å². The average Bonchev–Trinajstić information content (AvgIpc) is 2.28. The molecule has 19 heavy (non-hydrogen) atoms. The Morgan fingerprint density at radius 3 is 2.47 bits per heavy atom. The Bertz CT molecular complexity index is 521. The van der Waals surface area contributed by atoms with Crippen LogP contribution >= 0.6 is 0 Å². The Hall–Kier alpha value is -2.04. The molecule has 0 aliphatic heterocycles. The predicted octanol–water partition coefficient (Wildman–Crippen LogP) is 2.43. The molecule has 1 aromatic rings. The minimum atomic E-state index is -1.08. The maximum absolute atomic E-state index is 11.9. The van der Waals surface area contributed by atoms with E-state index in [0.717, 1.165) is 17.5 Å². The smallest absolute Gasteiger partial charge is 0.329 e. The maximum Gasteiger partial charge on any atom is 0.329 e. The van der Waals surface area contributed by atoms with Gasteiger partial charge in [-0.1, -0.05) is 12.1 Å². The zero-order valence-electron chi connectivity index (χ0n) is 11.1. The van der Waals surface area contributed by atoms with Crippen LogP contribution < -0.4 is 10.6 Å². The number of rotatable bonds is 3. The third-order valence-electron chi connectivity index (χ3n) is 3.61. The second-order valence-electron chi connectivity index (χ2n) is 5.14. The molecule has 0 heterocycles. The van der Waals surface area contributed by atoms with Gasteiger partial charge in [0, 0.05) is 5.69 Å². The largest absolute Gasteiger partial charge is 0.480 e. The van der Waals surface area contributed by atoms with E-state index in [1.54, 1.807) is 0 Å². The summed E-state index contributed by atoms with van der Waals surface area (Å²) < 4.78 is 0. The molecule has 1 saturated carbocycles. The van der Waals surface area contributed by atoms with Crippen LogP contribution in [0, 0.1) is 13.8 Å². The Morgan fingerprint density at radius 1 is 1.26 bits per heavy atom. The molecule has 1 aromatic carbocycles. The Labute approximate surface area is 112 Å². The fourth-order valence-corrected chi connectivity index (χ4v) is 2.16. The van der Waals surface area contributed by atoms with E-state index in [2.05, 4.69) is 10.6 Å². The molecule has 5 nitrogen and oxygen atoms in total. The van der Waals surface area contributed by atoms with Gasteiger partial charge in [-0.05, 0) is 50.3 Å². The lowest BCUT2D eigenvalue weighted by Gasteiger charge is -2.38. The summed E-state index contributed by atoms with van der Waals surface area (Å²) in [5.74, 6) is -0.963. The van der Waals surface area contributed by atoms with Crippen molar-refractivity contribution in [3.8, 4) is 0 Å². The van der Waals surface area contributed by atoms with E-state index >= 15 is 0 Å². The van der Waals surface area contributed by atoms with Crippen LogP contribution in [0.25, 0.3) is 0 Å². The van der Waals surface area contributed by atoms with Gasteiger partial charge in [-0.15, -0.1) is 0 Å². The van der Waals surface area contributed by atoms with Gasteiger partial charge in [-0.25, -0.2) is 9.59 Å². The number of urea groups is 1. The first-order valence-electron chi connectivity index (χ1n) is 6.33. The number of carboxylic acid groups (broad SMARTS) is 1. The van der Waals surface area contributed by atoms with Crippen LogP contribution in [0.1, 0.15) is 30.4 Å². The highest BCUT2D eigenvalue weighted by Crippen LogP contribution is 2.32. The third-order valence-corrected chi connectivity index (χ3v) is 3.61. The van der Waals surface area contributed by atoms with E-state index in [0.29, 0.717) is 18.5 Å². The number of carbonyl (C=O) groups excluding carboxylic acids is 1. The zero-order valence-corrected chi connectivity index (χ0v) is 11.1. The Kier molecular flexibility index (Phi) is 3.46. The summed E-state index contributed by atoms with van der Waals surface area (Å²) in [5, 5.41) is 14.4. The van der Waals surface area contributed by atoms with Gasteiger partial charge < -0.3 is 15.7 Å². The fraction of sp³-hybridized carbons (Fsp3) is 0.429. The summed E-state index contributed by atoms with van der Waals surface area (Å²) in [7, 11) is 0. The summed E-state index contributed by atoms with van der Waals surface area (Å²) in [6, 6.07) is 5.28. The molecule has 0 radical (unpaired) electrons. The minimum Gasteiger partial charge on any atom is -0.480 e. The molecular formula is C14H18N2O3. The molecule has 2 rings (SSSR count). The summed E-state index contributed by atoms with van der Waals surface area (Å²) in [5.41, 5.74) is 1.61. The molecule has 5 heteroatoms. The second-order valence-corrected chi connectivity index (χ2v) is 5.14. The van der Waals surface area contributed by atoms with E-state index in [4.69, 9.17) is 5.11 Å². The van der Waals surface area contributed by atoms with Gasteiger partial charge in [0.2, 0.25) is 0 Å². The highest BCUT2D eigenvalue weighted by Gasteiger charge is 2.45. The summed E-state index contributed by atoms with van der Waals surface area (Å²) >= 11 is 0. The molecule has 2 amide bonds. The average molecular weight is 262 g/mol. The molecule has 0 saturated heterocycles. The summed E-state index contributed by atoms with van der Waals surface area (Å²) in [6.45, 7) is 3.83. The van der Waals surface area contributed by atoms with Crippen molar-refractivity contribution in [2.75, 3.05) is 5.32 Å². The summed E-state index contributed by atoms with van der Waals surface area (Å²) in [6.07, 6.45) is 1.81. The first kappa shape index (κ1) is 13.4. The zero-order chi connectivity index (χ0) is 14.0. The Balaban J connectivity index is 2.05. The van der Waals surface area contributed by atoms with Crippen molar-refractivity contribution >= 4 is 17.7 Å². The number of carboxylic acids is 1. The van der Waals surface area contributed by atoms with Gasteiger partial charge in [-0.3, -0.25) is 0 Å². The molecule has 1 aliphatic carbocycles. The number of aryl methyl sites for hydroxylation is 2. The lowest BCUT2D eigenvalue weighted by atomic mass is 9.77. The molecule has 1 fully saturated rings. The number of aliphatic carboxylic acids is 1. The van der Waals surface area contributed by atoms with Crippen molar-refractivity contribution < 1.29 is 14.7 Å². The van der Waals surface area contributed by atoms with Crippen LogP contribution in [-0.2, 0) is 4.79 Å². The van der Waals surface area contributed by atoms with Crippen molar-refractivity contribution in [2.24, 2.45) is 0 Å². The molecule has 1 aliphatic rings. The minimum absolute atomic E-state index is 0.462. The molecule has 0 unspecified atom stereocenters. The molecule has 0 aromatic heterocycles. The molecule has 0 atom stereocenters. The summed E-state index contributed by atoms with van der Waals surface area (Å²) in [4.78, 5) is 23.1. The lowest BCUT2D eigenvalue weighted by Crippen LogP contribution is -2.60. The van der Waals surface area contributed by atoms with Gasteiger partial charge in [-0.2, -0.15) is 0 Å². The van der Waals surface area contributed by atoms with Crippen LogP contribution in [0.2, 0.25) is 0 Å². The predicted molar refractivity (Wildman–Crippen MR) is 72.3 cm³/mol. The van der Waals surface area contributed by atoms with Crippen LogP contribution in [0.5, 0.6) is 0 Å². The van der Waals surface area contributed by atoms with Crippen LogP contribution in [0.4, 0.5) is 10.5 Å². The first-order chi connectivity index (χ1) is 8.93. The molecule has 102 valence electrons. The topological polar surface area (TPSA) is 78.4 Å². The van der Waals surface area contributed by atoms with Crippen molar-refractivity contribution in [3.63, 3.8) is 0 Å². The van der Waals surface area contributed by atoms with Crippen molar-refractivity contribution in [3.05, 3.63) is 29.3 Å². The number of hydrogen-bond donors (Lipinski definition) is 3. The van der Waals surface area contributed by atoms with E-state index in [1.807, 2.05) is 32.0 Å². The monoisotopic (exact) mass is 262 g/mol. The number of nitrogens with one attached hydrogen (secondary N) is 2. The van der Waals surface area contributed by atoms with E-state index < -0.39 is 17.5 Å². The van der Waals surface area contributed by atoms with Crippen LogP contribution in [0.3, 0.4) is 0 Å². The third kappa shape index (κ3) is 2.70. The van der Waals surface area contributed by atoms with Crippen LogP contribution in [-0.4, -0.2) is 22.6 Å². The maximum atomic E-state index is 11.9. The highest BCUT2D eigenvalue weighted by molar-refractivity contribution is 5.94. The van der Waals surface area contributed by atoms with Crippen molar-refractivity contribution in [1.29, 1.82) is 0 Å². The lowest BCUT2D eigenvalue weighted by molar-refractivity contribution is -0.148. The fourth-order valence-electron chi connectivity index (χ4n) is 2.16. The SMILES string of the molecule is Cc1ccc(C)c(NC(=O)NC2(C(=O)O)CCC2)c1. The Morgan fingerprint density at radius 2 is 1.95 bits per heavy atom. The quantitative estimate of drug-likeness (QED) is 0.782. The standard InChI is InChI=1S/C14H18N2O3/c1-9-4-5-10(2)11(8-9)15-13(19)16-14(12(17)18)6-3-7-14/h4-5,8H,3,6-7H2,1-2H3,(H,17,18)(H2,15,16,19).